The Morgan fingerprint density at radius 2 is 1.82 bits per heavy atom. The first-order valence-electron chi connectivity index (χ1n) is 5.75. The van der Waals surface area contributed by atoms with Gasteiger partial charge in [-0.05, 0) is 44.0 Å². The zero-order valence-electron chi connectivity index (χ0n) is 10.5. The maximum atomic E-state index is 5.77. The lowest BCUT2D eigenvalue weighted by Crippen LogP contribution is -2.01. The van der Waals surface area contributed by atoms with Crippen LogP contribution in [0.4, 0.5) is 0 Å². The standard InChI is InChI=1S/C14H17NOS/c1-10-6-11(2)8-13(7-10)16-5-4-14-12(3)15-9-17-14/h6-9H,4-5H2,1-3H3. The zero-order chi connectivity index (χ0) is 12.3. The van der Waals surface area contributed by atoms with Gasteiger partial charge in [-0.3, -0.25) is 0 Å². The van der Waals surface area contributed by atoms with Crippen molar-refractivity contribution in [3.05, 3.63) is 45.4 Å². The van der Waals surface area contributed by atoms with Gasteiger partial charge < -0.3 is 4.74 Å². The smallest absolute Gasteiger partial charge is 0.119 e. The Balaban J connectivity index is 1.92. The molecule has 0 atom stereocenters. The minimum absolute atomic E-state index is 0.714. The number of hydrogen-bond donors (Lipinski definition) is 0. The van der Waals surface area contributed by atoms with Crippen LogP contribution in [0, 0.1) is 20.8 Å². The molecule has 0 radical (unpaired) electrons. The van der Waals surface area contributed by atoms with E-state index in [1.165, 1.54) is 16.0 Å². The molecule has 0 bridgehead atoms. The molecule has 17 heavy (non-hydrogen) atoms. The summed E-state index contributed by atoms with van der Waals surface area (Å²) in [5.74, 6) is 0.963. The zero-order valence-corrected chi connectivity index (χ0v) is 11.3. The number of thiazole rings is 1. The molecule has 0 saturated heterocycles. The Morgan fingerprint density at radius 3 is 2.41 bits per heavy atom. The van der Waals surface area contributed by atoms with Crippen LogP contribution < -0.4 is 4.74 Å². The van der Waals surface area contributed by atoms with Crippen LogP contribution in [0.1, 0.15) is 21.7 Å². The van der Waals surface area contributed by atoms with Crippen molar-refractivity contribution in [3.8, 4) is 5.75 Å². The fourth-order valence-electron chi connectivity index (χ4n) is 1.84. The van der Waals surface area contributed by atoms with Crippen LogP contribution in [0.15, 0.2) is 23.7 Å². The summed E-state index contributed by atoms with van der Waals surface area (Å²) in [6.07, 6.45) is 0.934. The third kappa shape index (κ3) is 3.30. The van der Waals surface area contributed by atoms with E-state index >= 15 is 0 Å². The molecule has 0 aliphatic carbocycles. The van der Waals surface area contributed by atoms with Gasteiger partial charge in [-0.1, -0.05) is 6.07 Å². The van der Waals surface area contributed by atoms with Crippen LogP contribution in [0.5, 0.6) is 5.75 Å². The SMILES string of the molecule is Cc1cc(C)cc(OCCc2scnc2C)c1. The van der Waals surface area contributed by atoms with Crippen molar-refractivity contribution in [1.82, 2.24) is 4.98 Å². The second kappa shape index (κ2) is 5.32. The molecule has 0 N–H and O–H groups in total. The predicted octanol–water partition coefficient (Wildman–Crippen LogP) is 3.69. The summed E-state index contributed by atoms with van der Waals surface area (Å²) >= 11 is 1.70. The normalized spacial score (nSPS) is 10.5. The highest BCUT2D eigenvalue weighted by Crippen LogP contribution is 2.17. The minimum Gasteiger partial charge on any atom is -0.493 e. The summed E-state index contributed by atoms with van der Waals surface area (Å²) in [7, 11) is 0. The molecule has 2 rings (SSSR count). The van der Waals surface area contributed by atoms with Gasteiger partial charge in [0.05, 0.1) is 17.8 Å². The number of aromatic nitrogens is 1. The molecule has 0 spiro atoms. The van der Waals surface area contributed by atoms with E-state index in [1.807, 2.05) is 12.4 Å². The van der Waals surface area contributed by atoms with E-state index in [4.69, 9.17) is 4.74 Å². The van der Waals surface area contributed by atoms with E-state index in [9.17, 15) is 0 Å². The highest BCUT2D eigenvalue weighted by atomic mass is 32.1. The first-order valence-corrected chi connectivity index (χ1v) is 6.63. The Labute approximate surface area is 106 Å². The minimum atomic E-state index is 0.714. The molecule has 90 valence electrons. The largest absolute Gasteiger partial charge is 0.493 e. The summed E-state index contributed by atoms with van der Waals surface area (Å²) in [5.41, 5.74) is 5.50. The number of hydrogen-bond acceptors (Lipinski definition) is 3. The van der Waals surface area contributed by atoms with Crippen molar-refractivity contribution in [3.63, 3.8) is 0 Å². The average molecular weight is 247 g/mol. The summed E-state index contributed by atoms with van der Waals surface area (Å²) in [6, 6.07) is 6.30. The fourth-order valence-corrected chi connectivity index (χ4v) is 2.61. The van der Waals surface area contributed by atoms with E-state index in [1.54, 1.807) is 11.3 Å². The van der Waals surface area contributed by atoms with Crippen molar-refractivity contribution in [1.29, 1.82) is 0 Å². The highest BCUT2D eigenvalue weighted by Gasteiger charge is 2.02. The van der Waals surface area contributed by atoms with Crippen molar-refractivity contribution in [2.75, 3.05) is 6.61 Å². The highest BCUT2D eigenvalue weighted by molar-refractivity contribution is 7.09. The maximum absolute atomic E-state index is 5.77. The van der Waals surface area contributed by atoms with E-state index < -0.39 is 0 Å². The number of ether oxygens (including phenoxy) is 1. The van der Waals surface area contributed by atoms with Gasteiger partial charge in [-0.15, -0.1) is 11.3 Å². The van der Waals surface area contributed by atoms with Crippen molar-refractivity contribution >= 4 is 11.3 Å². The monoisotopic (exact) mass is 247 g/mol. The van der Waals surface area contributed by atoms with Gasteiger partial charge in [0.15, 0.2) is 0 Å². The van der Waals surface area contributed by atoms with E-state index in [2.05, 4.69) is 37.0 Å². The number of nitrogens with zero attached hydrogens (tertiary/aromatic N) is 1. The second-order valence-corrected chi connectivity index (χ2v) is 5.22. The number of benzene rings is 1. The molecule has 0 aliphatic rings. The third-order valence-electron chi connectivity index (χ3n) is 2.64. The first kappa shape index (κ1) is 12.1. The molecule has 0 aliphatic heterocycles. The average Bonchev–Trinajstić information content (AvgIpc) is 2.63. The van der Waals surface area contributed by atoms with E-state index in [0.717, 1.165) is 17.9 Å². The molecule has 3 heteroatoms. The molecule has 0 fully saturated rings. The van der Waals surface area contributed by atoms with E-state index in [0.29, 0.717) is 6.61 Å². The van der Waals surface area contributed by atoms with Crippen LogP contribution >= 0.6 is 11.3 Å². The third-order valence-corrected chi connectivity index (χ3v) is 3.63. The topological polar surface area (TPSA) is 22.1 Å². The lowest BCUT2D eigenvalue weighted by Gasteiger charge is -2.07. The molecule has 1 aromatic heterocycles. The van der Waals surface area contributed by atoms with Crippen LogP contribution in [-0.2, 0) is 6.42 Å². The van der Waals surface area contributed by atoms with Crippen molar-refractivity contribution in [2.45, 2.75) is 27.2 Å². The quantitative estimate of drug-likeness (QED) is 0.822. The Hall–Kier alpha value is -1.35. The molecule has 0 unspecified atom stereocenters. The summed E-state index contributed by atoms with van der Waals surface area (Å²) in [6.45, 7) is 6.94. The maximum Gasteiger partial charge on any atom is 0.119 e. The molecular weight excluding hydrogens is 230 g/mol. The molecule has 1 heterocycles. The van der Waals surface area contributed by atoms with Crippen LogP contribution in [0.25, 0.3) is 0 Å². The summed E-state index contributed by atoms with van der Waals surface area (Å²) in [4.78, 5) is 5.55. The van der Waals surface area contributed by atoms with Gasteiger partial charge in [-0.25, -0.2) is 4.98 Å². The van der Waals surface area contributed by atoms with Gasteiger partial charge in [-0.2, -0.15) is 0 Å². The molecule has 0 amide bonds. The molecular formula is C14H17NOS. The van der Waals surface area contributed by atoms with Gasteiger partial charge >= 0.3 is 0 Å². The number of rotatable bonds is 4. The van der Waals surface area contributed by atoms with Gasteiger partial charge in [0, 0.05) is 11.3 Å². The van der Waals surface area contributed by atoms with Crippen molar-refractivity contribution in [2.24, 2.45) is 0 Å². The second-order valence-electron chi connectivity index (χ2n) is 4.28. The van der Waals surface area contributed by atoms with Crippen LogP contribution in [0.3, 0.4) is 0 Å². The molecule has 2 aromatic rings. The van der Waals surface area contributed by atoms with Crippen molar-refractivity contribution < 1.29 is 4.74 Å². The number of aryl methyl sites for hydroxylation is 3. The summed E-state index contributed by atoms with van der Waals surface area (Å²) in [5, 5.41) is 0. The molecule has 1 aromatic carbocycles. The van der Waals surface area contributed by atoms with E-state index in [-0.39, 0.29) is 0 Å². The van der Waals surface area contributed by atoms with Gasteiger partial charge in [0.1, 0.15) is 5.75 Å². The molecule has 2 nitrogen and oxygen atoms in total. The fraction of sp³-hybridized carbons (Fsp3) is 0.357. The lowest BCUT2D eigenvalue weighted by atomic mass is 10.1. The Bertz CT molecular complexity index is 484. The molecule has 0 saturated carbocycles. The Morgan fingerprint density at radius 1 is 1.12 bits per heavy atom. The predicted molar refractivity (Wildman–Crippen MR) is 72.0 cm³/mol. The first-order chi connectivity index (χ1) is 8.15. The summed E-state index contributed by atoms with van der Waals surface area (Å²) < 4.78 is 5.77. The van der Waals surface area contributed by atoms with Gasteiger partial charge in [0.2, 0.25) is 0 Å². The van der Waals surface area contributed by atoms with Crippen LogP contribution in [-0.4, -0.2) is 11.6 Å². The van der Waals surface area contributed by atoms with Crippen LogP contribution in [0.2, 0.25) is 0 Å². The Kier molecular flexibility index (Phi) is 3.79. The lowest BCUT2D eigenvalue weighted by molar-refractivity contribution is 0.322. The van der Waals surface area contributed by atoms with Gasteiger partial charge in [0.25, 0.3) is 0 Å².